The van der Waals surface area contributed by atoms with E-state index in [2.05, 4.69) is 18.7 Å². The van der Waals surface area contributed by atoms with Crippen LogP contribution in [-0.2, 0) is 6.54 Å². The van der Waals surface area contributed by atoms with Gasteiger partial charge in [0.05, 0.1) is 4.92 Å². The van der Waals surface area contributed by atoms with Gasteiger partial charge in [-0.1, -0.05) is 13.8 Å². The minimum atomic E-state index is -0.361. The molecule has 1 saturated heterocycles. The van der Waals surface area contributed by atoms with E-state index < -0.39 is 0 Å². The van der Waals surface area contributed by atoms with Gasteiger partial charge in [-0.05, 0) is 55.8 Å². The summed E-state index contributed by atoms with van der Waals surface area (Å²) in [6, 6.07) is 4.72. The number of nitrogens with two attached hydrogens (primary N) is 1. The maximum absolute atomic E-state index is 10.9. The van der Waals surface area contributed by atoms with E-state index in [4.69, 9.17) is 5.73 Å². The van der Waals surface area contributed by atoms with E-state index >= 15 is 0 Å². The average molecular weight is 291 g/mol. The number of non-ortho nitro benzene ring substituents is 1. The number of anilines is 1. The molecular formula is C16H25N3O2. The molecule has 21 heavy (non-hydrogen) atoms. The van der Waals surface area contributed by atoms with Crippen LogP contribution in [0.2, 0.25) is 0 Å². The predicted octanol–water partition coefficient (Wildman–Crippen LogP) is 3.44. The fourth-order valence-electron chi connectivity index (χ4n) is 3.09. The van der Waals surface area contributed by atoms with E-state index in [-0.39, 0.29) is 10.6 Å². The zero-order chi connectivity index (χ0) is 15.4. The molecule has 1 aliphatic heterocycles. The van der Waals surface area contributed by atoms with Crippen molar-refractivity contribution in [2.24, 2.45) is 11.8 Å². The van der Waals surface area contributed by atoms with Gasteiger partial charge in [-0.2, -0.15) is 0 Å². The maximum Gasteiger partial charge on any atom is 0.269 e. The van der Waals surface area contributed by atoms with E-state index in [0.717, 1.165) is 30.5 Å². The number of hydrogen-bond donors (Lipinski definition) is 1. The Kier molecular flexibility index (Phi) is 5.17. The zero-order valence-corrected chi connectivity index (χ0v) is 12.9. The van der Waals surface area contributed by atoms with Crippen LogP contribution in [0.25, 0.3) is 0 Å². The van der Waals surface area contributed by atoms with Crippen LogP contribution < -0.4 is 5.73 Å². The summed E-state index contributed by atoms with van der Waals surface area (Å²) in [5.41, 5.74) is 7.60. The van der Waals surface area contributed by atoms with Gasteiger partial charge in [0.2, 0.25) is 0 Å². The molecule has 2 rings (SSSR count). The molecule has 5 nitrogen and oxygen atoms in total. The standard InChI is InChI=1S/C16H25N3O2/c1-12(2)13-4-3-8-18(9-7-13)11-14-10-15(19(20)21)5-6-16(14)17/h5-6,10,12-13H,3-4,7-9,11,17H2,1-2H3. The Hall–Kier alpha value is -1.62. The molecule has 2 N–H and O–H groups in total. The lowest BCUT2D eigenvalue weighted by molar-refractivity contribution is -0.384. The van der Waals surface area contributed by atoms with Gasteiger partial charge in [-0.3, -0.25) is 15.0 Å². The van der Waals surface area contributed by atoms with Crippen molar-refractivity contribution in [3.63, 3.8) is 0 Å². The van der Waals surface area contributed by atoms with Crippen molar-refractivity contribution in [3.05, 3.63) is 33.9 Å². The molecule has 1 aromatic rings. The van der Waals surface area contributed by atoms with E-state index in [0.29, 0.717) is 12.2 Å². The molecular weight excluding hydrogens is 266 g/mol. The van der Waals surface area contributed by atoms with Crippen LogP contribution in [0.3, 0.4) is 0 Å². The second-order valence-electron chi connectivity index (χ2n) is 6.35. The third-order valence-electron chi connectivity index (χ3n) is 4.54. The predicted molar refractivity (Wildman–Crippen MR) is 85.0 cm³/mol. The number of nitro benzene ring substituents is 1. The Balaban J connectivity index is 2.04. The molecule has 1 fully saturated rings. The number of nitrogen functional groups attached to an aromatic ring is 1. The van der Waals surface area contributed by atoms with Crippen LogP contribution in [0.1, 0.15) is 38.7 Å². The monoisotopic (exact) mass is 291 g/mol. The molecule has 0 aromatic heterocycles. The summed E-state index contributed by atoms with van der Waals surface area (Å²) in [4.78, 5) is 12.9. The molecule has 1 aromatic carbocycles. The lowest BCUT2D eigenvalue weighted by Crippen LogP contribution is -2.25. The largest absolute Gasteiger partial charge is 0.398 e. The summed E-state index contributed by atoms with van der Waals surface area (Å²) >= 11 is 0. The van der Waals surface area contributed by atoms with Gasteiger partial charge in [-0.15, -0.1) is 0 Å². The SMILES string of the molecule is CC(C)C1CCCN(Cc2cc([N+](=O)[O-])ccc2N)CC1. The highest BCUT2D eigenvalue weighted by atomic mass is 16.6. The zero-order valence-electron chi connectivity index (χ0n) is 12.9. The molecule has 0 saturated carbocycles. The number of nitro groups is 1. The van der Waals surface area contributed by atoms with E-state index in [1.165, 1.54) is 25.3 Å². The number of likely N-dealkylation sites (tertiary alicyclic amines) is 1. The lowest BCUT2D eigenvalue weighted by Gasteiger charge is -2.22. The summed E-state index contributed by atoms with van der Waals surface area (Å²) in [7, 11) is 0. The van der Waals surface area contributed by atoms with Gasteiger partial charge >= 0.3 is 0 Å². The van der Waals surface area contributed by atoms with Crippen molar-refractivity contribution in [2.75, 3.05) is 18.8 Å². The van der Waals surface area contributed by atoms with Crippen molar-refractivity contribution < 1.29 is 4.92 Å². The molecule has 1 aliphatic rings. The van der Waals surface area contributed by atoms with Gasteiger partial charge < -0.3 is 5.73 Å². The van der Waals surface area contributed by atoms with Crippen molar-refractivity contribution in [2.45, 2.75) is 39.7 Å². The first kappa shape index (κ1) is 15.8. The second kappa shape index (κ2) is 6.89. The molecule has 0 bridgehead atoms. The molecule has 0 aliphatic carbocycles. The lowest BCUT2D eigenvalue weighted by atomic mass is 9.89. The highest BCUT2D eigenvalue weighted by molar-refractivity contribution is 5.52. The minimum Gasteiger partial charge on any atom is -0.398 e. The summed E-state index contributed by atoms with van der Waals surface area (Å²) < 4.78 is 0. The van der Waals surface area contributed by atoms with Crippen LogP contribution in [-0.4, -0.2) is 22.9 Å². The van der Waals surface area contributed by atoms with Gasteiger partial charge in [-0.25, -0.2) is 0 Å². The van der Waals surface area contributed by atoms with Crippen molar-refractivity contribution in [1.29, 1.82) is 0 Å². The minimum absolute atomic E-state index is 0.120. The van der Waals surface area contributed by atoms with Crippen molar-refractivity contribution in [3.8, 4) is 0 Å². The molecule has 0 spiro atoms. The van der Waals surface area contributed by atoms with Crippen LogP contribution >= 0.6 is 0 Å². The number of rotatable bonds is 4. The molecule has 0 amide bonds. The van der Waals surface area contributed by atoms with Crippen LogP contribution in [0.5, 0.6) is 0 Å². The average Bonchev–Trinajstić information content (AvgIpc) is 2.66. The molecule has 1 atom stereocenters. The number of benzene rings is 1. The van der Waals surface area contributed by atoms with Crippen molar-refractivity contribution in [1.82, 2.24) is 4.90 Å². The van der Waals surface area contributed by atoms with Crippen molar-refractivity contribution >= 4 is 11.4 Å². The smallest absolute Gasteiger partial charge is 0.269 e. The first-order chi connectivity index (χ1) is 9.97. The Morgan fingerprint density at radius 3 is 2.81 bits per heavy atom. The van der Waals surface area contributed by atoms with E-state index in [1.807, 2.05) is 0 Å². The third kappa shape index (κ3) is 4.17. The van der Waals surface area contributed by atoms with Crippen LogP contribution in [0, 0.1) is 22.0 Å². The van der Waals surface area contributed by atoms with Gasteiger partial charge in [0.25, 0.3) is 5.69 Å². The van der Waals surface area contributed by atoms with Gasteiger partial charge in [0.1, 0.15) is 0 Å². The summed E-state index contributed by atoms with van der Waals surface area (Å²) in [6.07, 6.45) is 3.67. The molecule has 1 heterocycles. The van der Waals surface area contributed by atoms with Crippen LogP contribution in [0.4, 0.5) is 11.4 Å². The fourth-order valence-corrected chi connectivity index (χ4v) is 3.09. The topological polar surface area (TPSA) is 72.4 Å². The summed E-state index contributed by atoms with van der Waals surface area (Å²) in [6.45, 7) is 7.38. The molecule has 0 radical (unpaired) electrons. The number of nitrogens with zero attached hydrogens (tertiary/aromatic N) is 2. The number of hydrogen-bond acceptors (Lipinski definition) is 4. The molecule has 1 unspecified atom stereocenters. The normalized spacial score (nSPS) is 20.4. The third-order valence-corrected chi connectivity index (χ3v) is 4.54. The first-order valence-electron chi connectivity index (χ1n) is 7.72. The highest BCUT2D eigenvalue weighted by Crippen LogP contribution is 2.27. The summed E-state index contributed by atoms with van der Waals surface area (Å²) in [5.74, 6) is 1.52. The Labute approximate surface area is 126 Å². The Bertz CT molecular complexity index is 502. The summed E-state index contributed by atoms with van der Waals surface area (Å²) in [5, 5.41) is 10.9. The fraction of sp³-hybridized carbons (Fsp3) is 0.625. The quantitative estimate of drug-likeness (QED) is 0.524. The highest BCUT2D eigenvalue weighted by Gasteiger charge is 2.20. The Morgan fingerprint density at radius 2 is 2.14 bits per heavy atom. The second-order valence-corrected chi connectivity index (χ2v) is 6.35. The molecule has 5 heteroatoms. The van der Waals surface area contributed by atoms with E-state index in [1.54, 1.807) is 12.1 Å². The van der Waals surface area contributed by atoms with Crippen LogP contribution in [0.15, 0.2) is 18.2 Å². The Morgan fingerprint density at radius 1 is 1.38 bits per heavy atom. The van der Waals surface area contributed by atoms with E-state index in [9.17, 15) is 10.1 Å². The first-order valence-corrected chi connectivity index (χ1v) is 7.72. The van der Waals surface area contributed by atoms with Gasteiger partial charge in [0, 0.05) is 24.4 Å². The van der Waals surface area contributed by atoms with Gasteiger partial charge in [0.15, 0.2) is 0 Å². The maximum atomic E-state index is 10.9. The molecule has 116 valence electrons.